The van der Waals surface area contributed by atoms with Crippen LogP contribution in [0, 0.1) is 5.82 Å². The lowest BCUT2D eigenvalue weighted by molar-refractivity contribution is 0.0695. The van der Waals surface area contributed by atoms with E-state index in [0.717, 1.165) is 19.2 Å². The number of carboxylic acid groups (broad SMARTS) is 1. The Morgan fingerprint density at radius 2 is 1.96 bits per heavy atom. The number of anilines is 1. The molecule has 0 saturated carbocycles. The SMILES string of the molecule is CN1CCN(c2c(F)cc3c(=O)c(C(=O)O)cn4c3c2S(=O)C=C4)CC1. The van der Waals surface area contributed by atoms with E-state index in [-0.39, 0.29) is 16.0 Å². The van der Waals surface area contributed by atoms with Gasteiger partial charge >= 0.3 is 5.97 Å². The summed E-state index contributed by atoms with van der Waals surface area (Å²) in [7, 11) is 0.347. The number of carbonyl (C=O) groups is 1. The second-order valence-corrected chi connectivity index (χ2v) is 7.66. The van der Waals surface area contributed by atoms with E-state index in [9.17, 15) is 23.3 Å². The Bertz CT molecular complexity index is 1050. The average Bonchev–Trinajstić information content (AvgIpc) is 2.60. The molecule has 0 aliphatic carbocycles. The lowest BCUT2D eigenvalue weighted by Gasteiger charge is -2.35. The molecule has 1 atom stereocenters. The van der Waals surface area contributed by atoms with Crippen LogP contribution in [0.1, 0.15) is 10.4 Å². The summed E-state index contributed by atoms with van der Waals surface area (Å²) < 4.78 is 29.1. The number of nitrogens with zero attached hydrogens (tertiary/aromatic N) is 3. The molecule has 4 rings (SSSR count). The Morgan fingerprint density at radius 1 is 1.27 bits per heavy atom. The predicted octanol–water partition coefficient (Wildman–Crippen LogP) is 1.14. The molecule has 1 unspecified atom stereocenters. The molecular weight excluding hydrogens is 361 g/mol. The molecule has 2 aromatic rings. The summed E-state index contributed by atoms with van der Waals surface area (Å²) in [5, 5.41) is 10.5. The highest BCUT2D eigenvalue weighted by molar-refractivity contribution is 7.88. The van der Waals surface area contributed by atoms with Gasteiger partial charge in [0.05, 0.1) is 32.3 Å². The molecule has 1 saturated heterocycles. The van der Waals surface area contributed by atoms with Gasteiger partial charge in [-0.1, -0.05) is 0 Å². The number of rotatable bonds is 2. The highest BCUT2D eigenvalue weighted by atomic mass is 32.2. The van der Waals surface area contributed by atoms with Crippen molar-refractivity contribution < 1.29 is 18.5 Å². The second-order valence-electron chi connectivity index (χ2n) is 6.39. The van der Waals surface area contributed by atoms with Crippen molar-refractivity contribution in [1.29, 1.82) is 0 Å². The number of hydrogen-bond donors (Lipinski definition) is 1. The van der Waals surface area contributed by atoms with Crippen molar-refractivity contribution in [3.8, 4) is 0 Å². The van der Waals surface area contributed by atoms with Crippen LogP contribution in [0.2, 0.25) is 0 Å². The lowest BCUT2D eigenvalue weighted by Crippen LogP contribution is -2.45. The topological polar surface area (TPSA) is 82.8 Å². The minimum absolute atomic E-state index is 0.0759. The number of halogens is 1. The average molecular weight is 377 g/mol. The third kappa shape index (κ3) is 2.46. The van der Waals surface area contributed by atoms with Gasteiger partial charge in [-0.2, -0.15) is 0 Å². The summed E-state index contributed by atoms with van der Waals surface area (Å²) in [4.78, 5) is 28.0. The molecule has 1 N–H and O–H groups in total. The predicted molar refractivity (Wildman–Crippen MR) is 96.6 cm³/mol. The minimum Gasteiger partial charge on any atom is -0.477 e. The molecule has 0 bridgehead atoms. The molecule has 136 valence electrons. The van der Waals surface area contributed by atoms with Crippen LogP contribution in [0.5, 0.6) is 0 Å². The zero-order chi connectivity index (χ0) is 18.6. The monoisotopic (exact) mass is 377 g/mol. The largest absolute Gasteiger partial charge is 0.477 e. The molecule has 26 heavy (non-hydrogen) atoms. The van der Waals surface area contributed by atoms with Crippen LogP contribution < -0.4 is 10.3 Å². The second kappa shape index (κ2) is 6.03. The molecule has 3 heterocycles. The zero-order valence-electron chi connectivity index (χ0n) is 13.9. The molecule has 2 aliphatic heterocycles. The van der Waals surface area contributed by atoms with Crippen molar-refractivity contribution in [3.63, 3.8) is 0 Å². The Balaban J connectivity index is 2.04. The van der Waals surface area contributed by atoms with Crippen molar-refractivity contribution in [3.05, 3.63) is 39.3 Å². The summed E-state index contributed by atoms with van der Waals surface area (Å²) in [6.45, 7) is 2.63. The number of hydrogen-bond acceptors (Lipinski definition) is 5. The Morgan fingerprint density at radius 3 is 2.62 bits per heavy atom. The summed E-state index contributed by atoms with van der Waals surface area (Å²) in [5.41, 5.74) is -0.700. The first kappa shape index (κ1) is 16.9. The highest BCUT2D eigenvalue weighted by Gasteiger charge is 2.29. The number of benzene rings is 1. The summed E-state index contributed by atoms with van der Waals surface area (Å²) in [6, 6.07) is 1.06. The molecule has 9 heteroatoms. The standard InChI is InChI=1S/C17H16FN3O4S/c1-19-2-4-20(5-3-19)14-12(18)8-10-13-16(14)26(25)7-6-21(13)9-11(15(10)22)17(23)24/h6-9H,2-5H2,1H3,(H,23,24). The number of carboxylic acids is 1. The molecular formula is C17H16FN3O4S. The van der Waals surface area contributed by atoms with Gasteiger partial charge < -0.3 is 19.5 Å². The van der Waals surface area contributed by atoms with E-state index in [2.05, 4.69) is 4.90 Å². The molecule has 1 fully saturated rings. The van der Waals surface area contributed by atoms with Crippen LogP contribution in [0.4, 0.5) is 10.1 Å². The van der Waals surface area contributed by atoms with Crippen LogP contribution >= 0.6 is 0 Å². The van der Waals surface area contributed by atoms with Crippen LogP contribution in [0.3, 0.4) is 0 Å². The maximum atomic E-state index is 15.0. The van der Waals surface area contributed by atoms with Gasteiger partial charge in [-0.25, -0.2) is 13.4 Å². The maximum absolute atomic E-state index is 15.0. The van der Waals surface area contributed by atoms with Crippen LogP contribution in [0.15, 0.2) is 27.4 Å². The molecule has 0 spiro atoms. The molecule has 7 nitrogen and oxygen atoms in total. The molecule has 1 aromatic heterocycles. The zero-order valence-corrected chi connectivity index (χ0v) is 14.8. The molecule has 2 aliphatic rings. The van der Waals surface area contributed by atoms with E-state index in [1.807, 2.05) is 11.9 Å². The van der Waals surface area contributed by atoms with Gasteiger partial charge in [-0.15, -0.1) is 0 Å². The fraction of sp³-hybridized carbons (Fsp3) is 0.294. The number of piperazine rings is 1. The van der Waals surface area contributed by atoms with Gasteiger partial charge in [-0.05, 0) is 13.1 Å². The quantitative estimate of drug-likeness (QED) is 0.845. The van der Waals surface area contributed by atoms with E-state index >= 15 is 0 Å². The van der Waals surface area contributed by atoms with Crippen LogP contribution in [-0.2, 0) is 10.8 Å². The van der Waals surface area contributed by atoms with Gasteiger partial charge in [0.15, 0.2) is 0 Å². The lowest BCUT2D eigenvalue weighted by atomic mass is 10.1. The summed E-state index contributed by atoms with van der Waals surface area (Å²) in [6.07, 6.45) is 2.64. The van der Waals surface area contributed by atoms with Crippen molar-refractivity contribution in [2.75, 3.05) is 38.1 Å². The first-order valence-electron chi connectivity index (χ1n) is 8.05. The van der Waals surface area contributed by atoms with E-state index in [4.69, 9.17) is 0 Å². The van der Waals surface area contributed by atoms with Gasteiger partial charge in [0, 0.05) is 44.0 Å². The number of aromatic carboxylic acids is 1. The smallest absolute Gasteiger partial charge is 0.341 e. The van der Waals surface area contributed by atoms with Crippen molar-refractivity contribution >= 4 is 39.6 Å². The fourth-order valence-corrected chi connectivity index (χ4v) is 4.62. The van der Waals surface area contributed by atoms with Gasteiger partial charge in [0.25, 0.3) is 0 Å². The summed E-state index contributed by atoms with van der Waals surface area (Å²) >= 11 is 0. The number of aromatic nitrogens is 1. The van der Waals surface area contributed by atoms with Crippen molar-refractivity contribution in [2.45, 2.75) is 4.90 Å². The van der Waals surface area contributed by atoms with Crippen molar-refractivity contribution in [1.82, 2.24) is 9.47 Å². The maximum Gasteiger partial charge on any atom is 0.341 e. The Kier molecular flexibility index (Phi) is 3.92. The van der Waals surface area contributed by atoms with Gasteiger partial charge in [-0.3, -0.25) is 4.79 Å². The normalized spacial score (nSPS) is 19.9. The fourth-order valence-electron chi connectivity index (χ4n) is 3.42. The first-order chi connectivity index (χ1) is 12.4. The third-order valence-corrected chi connectivity index (χ3v) is 5.95. The highest BCUT2D eigenvalue weighted by Crippen LogP contribution is 2.37. The molecule has 0 amide bonds. The van der Waals surface area contributed by atoms with E-state index < -0.39 is 33.6 Å². The number of pyridine rings is 1. The van der Waals surface area contributed by atoms with Gasteiger partial charge in [0.2, 0.25) is 5.43 Å². The van der Waals surface area contributed by atoms with Crippen LogP contribution in [-0.4, -0.2) is 58.0 Å². The third-order valence-electron chi connectivity index (χ3n) is 4.79. The number of likely N-dealkylation sites (N-methyl/N-ethyl adjacent to an activating group) is 1. The molecule has 1 aromatic carbocycles. The van der Waals surface area contributed by atoms with Crippen LogP contribution in [0.25, 0.3) is 17.1 Å². The van der Waals surface area contributed by atoms with E-state index in [1.54, 1.807) is 0 Å². The Hall–Kier alpha value is -2.52. The summed E-state index contributed by atoms with van der Waals surface area (Å²) in [5.74, 6) is -2.04. The van der Waals surface area contributed by atoms with Crippen molar-refractivity contribution in [2.24, 2.45) is 0 Å². The Labute approximate surface area is 150 Å². The van der Waals surface area contributed by atoms with E-state index in [1.165, 1.54) is 22.4 Å². The first-order valence-corrected chi connectivity index (χ1v) is 9.27. The van der Waals surface area contributed by atoms with Gasteiger partial charge in [0.1, 0.15) is 11.4 Å². The van der Waals surface area contributed by atoms with E-state index in [0.29, 0.717) is 18.6 Å². The minimum atomic E-state index is -1.63. The molecule has 0 radical (unpaired) electrons.